The average molecular weight is 354 g/mol. The van der Waals surface area contributed by atoms with Gasteiger partial charge in [-0.1, -0.05) is 0 Å². The quantitative estimate of drug-likeness (QED) is 0.800. The third kappa shape index (κ3) is 8.80. The summed E-state index contributed by atoms with van der Waals surface area (Å²) in [6, 6.07) is -0.847. The van der Waals surface area contributed by atoms with Crippen molar-refractivity contribution >= 4 is 12.1 Å². The first kappa shape index (κ1) is 20.3. The number of hydrogen-bond donors (Lipinski definition) is 2. The lowest BCUT2D eigenvalue weighted by Gasteiger charge is -2.35. The second kappa shape index (κ2) is 8.41. The molecule has 0 bridgehead atoms. The van der Waals surface area contributed by atoms with E-state index in [9.17, 15) is 22.8 Å². The molecule has 0 atom stereocenters. The summed E-state index contributed by atoms with van der Waals surface area (Å²) < 4.78 is 41.1. The molecule has 1 aliphatic heterocycles. The Kier molecular flexibility index (Phi) is 7.12. The van der Waals surface area contributed by atoms with Crippen LogP contribution in [0, 0.1) is 0 Å². The third-order valence-corrected chi connectivity index (χ3v) is 3.19. The van der Waals surface area contributed by atoms with Crippen molar-refractivity contribution in [1.82, 2.24) is 20.4 Å². The van der Waals surface area contributed by atoms with Crippen LogP contribution in [0.2, 0.25) is 0 Å². The van der Waals surface area contributed by atoms with Crippen LogP contribution in [0.1, 0.15) is 20.8 Å². The Hall–Kier alpha value is -1.71. The Balaban J connectivity index is 2.18. The van der Waals surface area contributed by atoms with Crippen molar-refractivity contribution in [1.29, 1.82) is 0 Å². The van der Waals surface area contributed by atoms with E-state index in [1.54, 1.807) is 31.0 Å². The molecule has 7 nitrogen and oxygen atoms in total. The molecule has 0 aliphatic carbocycles. The number of halogens is 3. The number of piperazine rings is 1. The highest BCUT2D eigenvalue weighted by atomic mass is 19.4. The maximum atomic E-state index is 11.9. The van der Waals surface area contributed by atoms with E-state index in [1.807, 2.05) is 4.90 Å². The highest BCUT2D eigenvalue weighted by molar-refractivity contribution is 5.73. The minimum Gasteiger partial charge on any atom is -0.444 e. The lowest BCUT2D eigenvalue weighted by Crippen LogP contribution is -2.51. The fourth-order valence-corrected chi connectivity index (χ4v) is 2.05. The van der Waals surface area contributed by atoms with Gasteiger partial charge in [0.25, 0.3) is 0 Å². The number of hydrogen-bond acceptors (Lipinski definition) is 4. The Labute approximate surface area is 139 Å². The average Bonchev–Trinajstić information content (AvgIpc) is 2.43. The van der Waals surface area contributed by atoms with Crippen LogP contribution in [0.25, 0.3) is 0 Å². The SMILES string of the molecule is CC(C)(C)OC(=O)N1CCN(CCNC(=O)NCC(F)(F)F)CC1. The van der Waals surface area contributed by atoms with Gasteiger partial charge in [-0.2, -0.15) is 13.2 Å². The number of nitrogens with zero attached hydrogens (tertiary/aromatic N) is 2. The summed E-state index contributed by atoms with van der Waals surface area (Å²) in [5.74, 6) is 0. The van der Waals surface area contributed by atoms with Gasteiger partial charge in [-0.15, -0.1) is 0 Å². The fraction of sp³-hybridized carbons (Fsp3) is 0.857. The molecule has 1 rings (SSSR count). The molecule has 140 valence electrons. The van der Waals surface area contributed by atoms with E-state index >= 15 is 0 Å². The zero-order valence-electron chi connectivity index (χ0n) is 14.2. The Morgan fingerprint density at radius 1 is 1.04 bits per heavy atom. The van der Waals surface area contributed by atoms with E-state index < -0.39 is 24.4 Å². The van der Waals surface area contributed by atoms with Crippen LogP contribution in [0.15, 0.2) is 0 Å². The highest BCUT2D eigenvalue weighted by Gasteiger charge is 2.28. The van der Waals surface area contributed by atoms with Gasteiger partial charge in [-0.3, -0.25) is 4.90 Å². The van der Waals surface area contributed by atoms with E-state index in [2.05, 4.69) is 5.32 Å². The summed E-state index contributed by atoms with van der Waals surface area (Å²) in [4.78, 5) is 26.7. The first-order chi connectivity index (χ1) is 11.0. The predicted molar refractivity (Wildman–Crippen MR) is 81.7 cm³/mol. The molecule has 0 radical (unpaired) electrons. The molecule has 1 fully saturated rings. The summed E-state index contributed by atoms with van der Waals surface area (Å²) in [7, 11) is 0. The van der Waals surface area contributed by atoms with Gasteiger partial charge in [-0.25, -0.2) is 9.59 Å². The summed E-state index contributed by atoms with van der Waals surface area (Å²) >= 11 is 0. The first-order valence-electron chi connectivity index (χ1n) is 7.75. The van der Waals surface area contributed by atoms with Crippen LogP contribution < -0.4 is 10.6 Å². The van der Waals surface area contributed by atoms with Crippen LogP contribution in [0.5, 0.6) is 0 Å². The Morgan fingerprint density at radius 2 is 1.62 bits per heavy atom. The van der Waals surface area contributed by atoms with Gasteiger partial charge in [0, 0.05) is 39.3 Å². The summed E-state index contributed by atoms with van der Waals surface area (Å²) in [6.45, 7) is 7.04. The molecule has 3 amide bonds. The molecule has 0 aromatic rings. The molecular formula is C14H25F3N4O3. The molecule has 1 saturated heterocycles. The van der Waals surface area contributed by atoms with E-state index in [-0.39, 0.29) is 12.6 Å². The monoisotopic (exact) mass is 354 g/mol. The lowest BCUT2D eigenvalue weighted by atomic mass is 10.2. The highest BCUT2D eigenvalue weighted by Crippen LogP contribution is 2.12. The standard InChI is InChI=1S/C14H25F3N4O3/c1-13(2,3)24-12(23)21-8-6-20(7-9-21)5-4-18-11(22)19-10-14(15,16)17/h4-10H2,1-3H3,(H2,18,19,22). The molecule has 10 heteroatoms. The Bertz CT molecular complexity index is 430. The number of carbonyl (C=O) groups is 2. The first-order valence-corrected chi connectivity index (χ1v) is 7.75. The van der Waals surface area contributed by atoms with Gasteiger partial charge in [0.15, 0.2) is 0 Å². The number of ether oxygens (including phenoxy) is 1. The zero-order valence-corrected chi connectivity index (χ0v) is 14.2. The number of urea groups is 1. The zero-order chi connectivity index (χ0) is 18.4. The topological polar surface area (TPSA) is 73.9 Å². The summed E-state index contributed by atoms with van der Waals surface area (Å²) in [5.41, 5.74) is -0.540. The van der Waals surface area contributed by atoms with E-state index in [4.69, 9.17) is 4.74 Å². The molecule has 24 heavy (non-hydrogen) atoms. The molecule has 2 N–H and O–H groups in total. The molecule has 0 aromatic carbocycles. The van der Waals surface area contributed by atoms with Crippen LogP contribution in [0.3, 0.4) is 0 Å². The fourth-order valence-electron chi connectivity index (χ4n) is 2.05. The second-order valence-corrected chi connectivity index (χ2v) is 6.53. The van der Waals surface area contributed by atoms with Crippen molar-refractivity contribution in [3.05, 3.63) is 0 Å². The predicted octanol–water partition coefficient (Wildman–Crippen LogP) is 1.40. The van der Waals surface area contributed by atoms with E-state index in [0.717, 1.165) is 0 Å². The van der Waals surface area contributed by atoms with Crippen molar-refractivity contribution in [2.75, 3.05) is 45.8 Å². The van der Waals surface area contributed by atoms with Gasteiger partial charge in [0.05, 0.1) is 0 Å². The van der Waals surface area contributed by atoms with E-state index in [0.29, 0.717) is 32.7 Å². The molecule has 1 aliphatic rings. The Morgan fingerprint density at radius 3 is 2.12 bits per heavy atom. The summed E-state index contributed by atoms with van der Waals surface area (Å²) in [6.07, 6.45) is -4.78. The smallest absolute Gasteiger partial charge is 0.410 e. The van der Waals surface area contributed by atoms with Gasteiger partial charge in [0.2, 0.25) is 0 Å². The van der Waals surface area contributed by atoms with Crippen LogP contribution >= 0.6 is 0 Å². The van der Waals surface area contributed by atoms with Gasteiger partial charge in [0.1, 0.15) is 12.1 Å². The third-order valence-electron chi connectivity index (χ3n) is 3.19. The number of alkyl halides is 3. The molecule has 0 spiro atoms. The van der Waals surface area contributed by atoms with Crippen molar-refractivity contribution < 1.29 is 27.5 Å². The summed E-state index contributed by atoms with van der Waals surface area (Å²) in [5, 5.41) is 4.11. The van der Waals surface area contributed by atoms with Crippen LogP contribution in [-0.4, -0.2) is 79.5 Å². The molecule has 0 unspecified atom stereocenters. The maximum absolute atomic E-state index is 11.9. The minimum absolute atomic E-state index is 0.232. The van der Waals surface area contributed by atoms with Gasteiger partial charge < -0.3 is 20.3 Å². The lowest BCUT2D eigenvalue weighted by molar-refractivity contribution is -0.122. The minimum atomic E-state index is -4.42. The van der Waals surface area contributed by atoms with Crippen molar-refractivity contribution in [2.45, 2.75) is 32.5 Å². The van der Waals surface area contributed by atoms with Crippen molar-refractivity contribution in [3.63, 3.8) is 0 Å². The second-order valence-electron chi connectivity index (χ2n) is 6.53. The molecule has 0 saturated carbocycles. The van der Waals surface area contributed by atoms with E-state index in [1.165, 1.54) is 0 Å². The molecule has 0 aromatic heterocycles. The van der Waals surface area contributed by atoms with Crippen molar-refractivity contribution in [2.24, 2.45) is 0 Å². The molecule has 1 heterocycles. The van der Waals surface area contributed by atoms with Crippen molar-refractivity contribution in [3.8, 4) is 0 Å². The van der Waals surface area contributed by atoms with Gasteiger partial charge in [-0.05, 0) is 20.8 Å². The maximum Gasteiger partial charge on any atom is 0.410 e. The van der Waals surface area contributed by atoms with Crippen LogP contribution in [-0.2, 0) is 4.74 Å². The number of rotatable bonds is 4. The van der Waals surface area contributed by atoms with Crippen LogP contribution in [0.4, 0.5) is 22.8 Å². The largest absolute Gasteiger partial charge is 0.444 e. The molecular weight excluding hydrogens is 329 g/mol. The normalized spacial score (nSPS) is 16.7. The van der Waals surface area contributed by atoms with Gasteiger partial charge >= 0.3 is 18.3 Å². The number of nitrogens with one attached hydrogen (secondary N) is 2. The number of amides is 3. The number of carbonyl (C=O) groups excluding carboxylic acids is 2.